The second-order valence-electron chi connectivity index (χ2n) is 13.5. The third-order valence-electron chi connectivity index (χ3n) is 6.64. The number of ketones is 1. The van der Waals surface area contributed by atoms with Gasteiger partial charge in [-0.25, -0.2) is 4.79 Å². The van der Waals surface area contributed by atoms with Gasteiger partial charge in [-0.15, -0.1) is 0 Å². The van der Waals surface area contributed by atoms with E-state index in [1.807, 2.05) is 46.9 Å². The highest BCUT2D eigenvalue weighted by molar-refractivity contribution is 6.38. The molecule has 0 saturated carbocycles. The Morgan fingerprint density at radius 2 is 1.60 bits per heavy atom. The van der Waals surface area contributed by atoms with E-state index in [1.54, 1.807) is 20.8 Å². The molecular weight excluding hydrogens is 560 g/mol. The topological polar surface area (TPSA) is 180 Å². The van der Waals surface area contributed by atoms with Crippen LogP contribution in [0.2, 0.25) is 0 Å². The van der Waals surface area contributed by atoms with Gasteiger partial charge in [0.15, 0.2) is 0 Å². The predicted octanol–water partition coefficient (Wildman–Crippen LogP) is 2.40. The van der Waals surface area contributed by atoms with Crippen LogP contribution in [-0.2, 0) is 33.4 Å². The number of aliphatic carboxylic acids is 1. The number of nitrogens with zero attached hydrogens (tertiary/aromatic N) is 1. The summed E-state index contributed by atoms with van der Waals surface area (Å²) in [6, 6.07) is -3.31. The summed E-state index contributed by atoms with van der Waals surface area (Å²) in [5.41, 5.74) is -1.33. The van der Waals surface area contributed by atoms with E-state index < -0.39 is 77.4 Å². The van der Waals surface area contributed by atoms with E-state index in [2.05, 4.69) is 10.6 Å². The monoisotopic (exact) mass is 612 g/mol. The maximum Gasteiger partial charge on any atom is 0.407 e. The molecule has 246 valence electrons. The summed E-state index contributed by atoms with van der Waals surface area (Å²) in [4.78, 5) is 77.9. The first kappa shape index (κ1) is 37.8. The second kappa shape index (κ2) is 16.6. The number of carbonyl (C=O) groups is 6. The Labute approximate surface area is 255 Å². The number of carbonyl (C=O) groups excluding carboxylic acids is 5. The molecule has 1 fully saturated rings. The molecule has 0 aromatic heterocycles. The van der Waals surface area contributed by atoms with Gasteiger partial charge in [0.1, 0.15) is 18.6 Å². The molecule has 1 aliphatic rings. The Morgan fingerprint density at radius 3 is 2.12 bits per heavy atom. The zero-order valence-corrected chi connectivity index (χ0v) is 27.2. The van der Waals surface area contributed by atoms with Crippen molar-refractivity contribution in [2.75, 3.05) is 19.7 Å². The minimum atomic E-state index is -1.31. The Hall–Kier alpha value is -3.22. The molecule has 0 aromatic carbocycles. The number of nitrogens with one attached hydrogen (secondary N) is 3. The van der Waals surface area contributed by atoms with Crippen molar-refractivity contribution in [2.24, 2.45) is 11.3 Å². The van der Waals surface area contributed by atoms with Crippen LogP contribution in [-0.4, -0.2) is 95.1 Å². The SMILES string of the molecule is CCCCCC(NC(=O)C1CC(OC(C)(C)C)CN1C(=O)C(NC(=O)OCC(C)C)C(C)(C)C)C(=O)C(=O)NCC(=O)O. The number of amides is 4. The van der Waals surface area contributed by atoms with Crippen LogP contribution < -0.4 is 16.0 Å². The molecule has 0 aliphatic carbocycles. The van der Waals surface area contributed by atoms with Crippen molar-refractivity contribution in [3.63, 3.8) is 0 Å². The van der Waals surface area contributed by atoms with E-state index in [4.69, 9.17) is 14.6 Å². The van der Waals surface area contributed by atoms with Gasteiger partial charge in [-0.05, 0) is 38.5 Å². The molecule has 4 amide bonds. The van der Waals surface area contributed by atoms with Crippen LogP contribution in [0.25, 0.3) is 0 Å². The van der Waals surface area contributed by atoms with Crippen molar-refractivity contribution in [2.45, 2.75) is 124 Å². The van der Waals surface area contributed by atoms with E-state index in [9.17, 15) is 28.8 Å². The molecule has 0 bridgehead atoms. The average molecular weight is 613 g/mol. The van der Waals surface area contributed by atoms with E-state index in [1.165, 1.54) is 4.90 Å². The molecule has 13 heteroatoms. The van der Waals surface area contributed by atoms with Crippen LogP contribution in [0.1, 0.15) is 94.4 Å². The van der Waals surface area contributed by atoms with Gasteiger partial charge in [0.2, 0.25) is 17.6 Å². The van der Waals surface area contributed by atoms with Crippen molar-refractivity contribution < 1.29 is 43.3 Å². The first-order chi connectivity index (χ1) is 19.8. The lowest BCUT2D eigenvalue weighted by atomic mass is 9.85. The smallest absolute Gasteiger partial charge is 0.407 e. The number of unbranched alkanes of at least 4 members (excludes halogenated alkanes) is 2. The number of Topliss-reactive ketones (excluding diaryl/α,β-unsaturated/α-hetero) is 1. The third kappa shape index (κ3) is 13.3. The number of alkyl carbamates (subject to hydrolysis) is 1. The highest BCUT2D eigenvalue weighted by atomic mass is 16.5. The van der Waals surface area contributed by atoms with Gasteiger partial charge in [0.05, 0.1) is 24.4 Å². The van der Waals surface area contributed by atoms with Gasteiger partial charge in [-0.3, -0.25) is 24.0 Å². The lowest BCUT2D eigenvalue weighted by molar-refractivity contribution is -0.144. The van der Waals surface area contributed by atoms with Crippen LogP contribution in [0.4, 0.5) is 4.79 Å². The molecule has 13 nitrogen and oxygen atoms in total. The molecule has 1 rings (SSSR count). The van der Waals surface area contributed by atoms with Crippen LogP contribution in [0.3, 0.4) is 0 Å². The number of hydrogen-bond donors (Lipinski definition) is 4. The van der Waals surface area contributed by atoms with Crippen molar-refractivity contribution in [3.8, 4) is 0 Å². The first-order valence-electron chi connectivity index (χ1n) is 15.0. The number of rotatable bonds is 15. The maximum atomic E-state index is 14.0. The average Bonchev–Trinajstić information content (AvgIpc) is 3.29. The molecule has 43 heavy (non-hydrogen) atoms. The number of likely N-dealkylation sites (tertiary alicyclic amines) is 1. The third-order valence-corrected chi connectivity index (χ3v) is 6.64. The van der Waals surface area contributed by atoms with Crippen LogP contribution in [0, 0.1) is 11.3 Å². The van der Waals surface area contributed by atoms with E-state index in [0.717, 1.165) is 12.8 Å². The zero-order chi connectivity index (χ0) is 33.1. The summed E-state index contributed by atoms with van der Waals surface area (Å²) in [7, 11) is 0. The molecule has 4 atom stereocenters. The molecule has 1 aliphatic heterocycles. The van der Waals surface area contributed by atoms with Crippen molar-refractivity contribution in [3.05, 3.63) is 0 Å². The number of carboxylic acid groups (broad SMARTS) is 1. The lowest BCUT2D eigenvalue weighted by Gasteiger charge is -2.35. The molecule has 4 unspecified atom stereocenters. The Balaban J connectivity index is 3.31. The zero-order valence-electron chi connectivity index (χ0n) is 27.2. The standard InChI is InChI=1S/C30H52N4O9/c1-10-11-12-13-20(23(37)26(39)31-15-22(35)36)32-25(38)21-14-19(43-30(7,8)9)16-34(21)27(40)24(29(4,5)6)33-28(41)42-17-18(2)3/h18-21,24H,10-17H2,1-9H3,(H,31,39)(H,32,38)(H,33,41)(H,35,36). The van der Waals surface area contributed by atoms with Gasteiger partial charge in [-0.2, -0.15) is 0 Å². The Bertz CT molecular complexity index is 1000. The summed E-state index contributed by atoms with van der Waals surface area (Å²) < 4.78 is 11.4. The summed E-state index contributed by atoms with van der Waals surface area (Å²) in [5, 5.41) is 16.2. The second-order valence-corrected chi connectivity index (χ2v) is 13.5. The molecule has 1 saturated heterocycles. The van der Waals surface area contributed by atoms with Gasteiger partial charge in [0.25, 0.3) is 5.91 Å². The fraction of sp³-hybridized carbons (Fsp3) is 0.800. The summed E-state index contributed by atoms with van der Waals surface area (Å²) >= 11 is 0. The highest BCUT2D eigenvalue weighted by Gasteiger charge is 2.46. The van der Waals surface area contributed by atoms with Crippen LogP contribution >= 0.6 is 0 Å². The molecule has 1 heterocycles. The molecule has 0 radical (unpaired) electrons. The molecule has 4 N–H and O–H groups in total. The Kier molecular flexibility index (Phi) is 14.6. The fourth-order valence-corrected chi connectivity index (χ4v) is 4.63. The quantitative estimate of drug-likeness (QED) is 0.159. The van der Waals surface area contributed by atoms with Crippen LogP contribution in [0.15, 0.2) is 0 Å². The van der Waals surface area contributed by atoms with Gasteiger partial charge >= 0.3 is 12.1 Å². The lowest BCUT2D eigenvalue weighted by Crippen LogP contribution is -2.59. The molecule has 0 spiro atoms. The van der Waals surface area contributed by atoms with Gasteiger partial charge < -0.3 is 35.4 Å². The minimum Gasteiger partial charge on any atom is -0.480 e. The predicted molar refractivity (Wildman–Crippen MR) is 159 cm³/mol. The van der Waals surface area contributed by atoms with Crippen LogP contribution in [0.5, 0.6) is 0 Å². The number of hydrogen-bond acceptors (Lipinski definition) is 8. The largest absolute Gasteiger partial charge is 0.480 e. The van der Waals surface area contributed by atoms with E-state index in [-0.39, 0.29) is 31.9 Å². The number of carboxylic acids is 1. The first-order valence-corrected chi connectivity index (χ1v) is 15.0. The summed E-state index contributed by atoms with van der Waals surface area (Å²) in [6.45, 7) is 16.1. The van der Waals surface area contributed by atoms with Gasteiger partial charge in [-0.1, -0.05) is 60.8 Å². The molecular formula is C30H52N4O9. The highest BCUT2D eigenvalue weighted by Crippen LogP contribution is 2.29. The van der Waals surface area contributed by atoms with Crippen molar-refractivity contribution >= 4 is 35.6 Å². The Morgan fingerprint density at radius 1 is 0.977 bits per heavy atom. The van der Waals surface area contributed by atoms with Crippen molar-refractivity contribution in [1.82, 2.24) is 20.9 Å². The number of ether oxygens (including phenoxy) is 2. The van der Waals surface area contributed by atoms with E-state index in [0.29, 0.717) is 6.42 Å². The normalized spacial score (nSPS) is 18.5. The minimum absolute atomic E-state index is 0.0665. The maximum absolute atomic E-state index is 14.0. The van der Waals surface area contributed by atoms with E-state index >= 15 is 0 Å². The van der Waals surface area contributed by atoms with Crippen molar-refractivity contribution in [1.29, 1.82) is 0 Å². The van der Waals surface area contributed by atoms with Gasteiger partial charge in [0, 0.05) is 13.0 Å². The summed E-state index contributed by atoms with van der Waals surface area (Å²) in [6.07, 6.45) is 1.15. The fourth-order valence-electron chi connectivity index (χ4n) is 4.63. The molecule has 0 aromatic rings. The summed E-state index contributed by atoms with van der Waals surface area (Å²) in [5.74, 6) is -4.46.